The molecule has 0 unspecified atom stereocenters. The summed E-state index contributed by atoms with van der Waals surface area (Å²) in [7, 11) is 0. The fourth-order valence-corrected chi connectivity index (χ4v) is 1.96. The van der Waals surface area contributed by atoms with Crippen LogP contribution in [0.1, 0.15) is 44.5 Å². The van der Waals surface area contributed by atoms with Crippen LogP contribution in [0, 0.1) is 5.92 Å². The second kappa shape index (κ2) is 8.32. The Morgan fingerprint density at radius 3 is 2.14 bits per heavy atom. The van der Waals surface area contributed by atoms with Gasteiger partial charge in [-0.15, -0.1) is 0 Å². The molecule has 0 saturated carbocycles. The summed E-state index contributed by atoms with van der Waals surface area (Å²) >= 11 is 0. The number of carbonyl (C=O) groups excluding carboxylic acids is 3. The SMILES string of the molecule is CC(=O)c1ccc(N(CC(=O)NCCC(C)C)C(C)=O)cc1. The smallest absolute Gasteiger partial charge is 0.240 e. The fourth-order valence-electron chi connectivity index (χ4n) is 1.96. The molecule has 0 fully saturated rings. The number of hydrogen-bond donors (Lipinski definition) is 1. The van der Waals surface area contributed by atoms with Crippen LogP contribution in [0.3, 0.4) is 0 Å². The fraction of sp³-hybridized carbons (Fsp3) is 0.471. The van der Waals surface area contributed by atoms with Gasteiger partial charge in [0.2, 0.25) is 11.8 Å². The van der Waals surface area contributed by atoms with Crippen molar-refractivity contribution in [3.8, 4) is 0 Å². The van der Waals surface area contributed by atoms with Gasteiger partial charge in [-0.2, -0.15) is 0 Å². The van der Waals surface area contributed by atoms with Crippen LogP contribution in [0.4, 0.5) is 5.69 Å². The van der Waals surface area contributed by atoms with Crippen molar-refractivity contribution >= 4 is 23.3 Å². The van der Waals surface area contributed by atoms with Crippen LogP contribution in [-0.4, -0.2) is 30.7 Å². The predicted molar refractivity (Wildman–Crippen MR) is 86.9 cm³/mol. The summed E-state index contributed by atoms with van der Waals surface area (Å²) in [6.07, 6.45) is 0.902. The van der Waals surface area contributed by atoms with E-state index in [-0.39, 0.29) is 24.1 Å². The molecule has 1 aromatic rings. The Bertz CT molecular complexity index is 535. The van der Waals surface area contributed by atoms with Crippen LogP contribution in [0.2, 0.25) is 0 Å². The largest absolute Gasteiger partial charge is 0.355 e. The molecule has 0 heterocycles. The molecule has 0 aliphatic heterocycles. The van der Waals surface area contributed by atoms with Gasteiger partial charge >= 0.3 is 0 Å². The highest BCUT2D eigenvalue weighted by atomic mass is 16.2. The molecule has 0 aromatic heterocycles. The third-order valence-electron chi connectivity index (χ3n) is 3.31. The summed E-state index contributed by atoms with van der Waals surface area (Å²) in [5.74, 6) is 0.0803. The van der Waals surface area contributed by atoms with Crippen molar-refractivity contribution in [1.82, 2.24) is 5.32 Å². The van der Waals surface area contributed by atoms with Crippen molar-refractivity contribution in [1.29, 1.82) is 0 Å². The minimum Gasteiger partial charge on any atom is -0.355 e. The van der Waals surface area contributed by atoms with Gasteiger partial charge < -0.3 is 10.2 Å². The Morgan fingerprint density at radius 2 is 1.68 bits per heavy atom. The van der Waals surface area contributed by atoms with E-state index in [4.69, 9.17) is 0 Å². The van der Waals surface area contributed by atoms with Crippen LogP contribution in [0.25, 0.3) is 0 Å². The van der Waals surface area contributed by atoms with Gasteiger partial charge in [0, 0.05) is 24.7 Å². The number of nitrogens with zero attached hydrogens (tertiary/aromatic N) is 1. The molecule has 0 atom stereocenters. The van der Waals surface area contributed by atoms with E-state index in [1.54, 1.807) is 24.3 Å². The van der Waals surface area contributed by atoms with E-state index in [0.717, 1.165) is 6.42 Å². The number of carbonyl (C=O) groups is 3. The number of benzene rings is 1. The molecule has 22 heavy (non-hydrogen) atoms. The first kappa shape index (κ1) is 17.9. The van der Waals surface area contributed by atoms with Gasteiger partial charge in [-0.3, -0.25) is 14.4 Å². The zero-order valence-corrected chi connectivity index (χ0v) is 13.7. The quantitative estimate of drug-likeness (QED) is 0.787. The molecule has 2 amide bonds. The van der Waals surface area contributed by atoms with Gasteiger partial charge in [0.25, 0.3) is 0 Å². The summed E-state index contributed by atoms with van der Waals surface area (Å²) in [6, 6.07) is 6.67. The van der Waals surface area contributed by atoms with E-state index in [0.29, 0.717) is 23.7 Å². The number of amides is 2. The van der Waals surface area contributed by atoms with Crippen molar-refractivity contribution < 1.29 is 14.4 Å². The minimum atomic E-state index is -0.213. The van der Waals surface area contributed by atoms with E-state index in [9.17, 15) is 14.4 Å². The van der Waals surface area contributed by atoms with Crippen molar-refractivity contribution in [2.45, 2.75) is 34.1 Å². The molecule has 1 N–H and O–H groups in total. The van der Waals surface area contributed by atoms with Crippen LogP contribution < -0.4 is 10.2 Å². The van der Waals surface area contributed by atoms with Gasteiger partial charge in [-0.1, -0.05) is 13.8 Å². The number of nitrogens with one attached hydrogen (secondary N) is 1. The molecule has 0 aliphatic carbocycles. The van der Waals surface area contributed by atoms with Gasteiger partial charge in [-0.25, -0.2) is 0 Å². The number of hydrogen-bond acceptors (Lipinski definition) is 3. The summed E-state index contributed by atoms with van der Waals surface area (Å²) < 4.78 is 0. The maximum Gasteiger partial charge on any atom is 0.240 e. The molecule has 0 aliphatic rings. The second-order valence-electron chi connectivity index (χ2n) is 5.74. The Balaban J connectivity index is 2.71. The first-order valence-electron chi connectivity index (χ1n) is 7.47. The standard InChI is InChI=1S/C17H24N2O3/c1-12(2)9-10-18-17(22)11-19(14(4)21)16-7-5-15(6-8-16)13(3)20/h5-8,12H,9-11H2,1-4H3,(H,18,22). The third kappa shape index (κ3) is 5.68. The highest BCUT2D eigenvalue weighted by molar-refractivity contribution is 5.98. The number of ketones is 1. The molecule has 1 rings (SSSR count). The van der Waals surface area contributed by atoms with E-state index < -0.39 is 0 Å². The maximum absolute atomic E-state index is 11.9. The average Bonchev–Trinajstić information content (AvgIpc) is 2.44. The van der Waals surface area contributed by atoms with Crippen LogP contribution in [-0.2, 0) is 9.59 Å². The molecule has 5 nitrogen and oxygen atoms in total. The second-order valence-corrected chi connectivity index (χ2v) is 5.74. The van der Waals surface area contributed by atoms with Crippen LogP contribution in [0.15, 0.2) is 24.3 Å². The number of Topliss-reactive ketones (excluding diaryl/α,β-unsaturated/α-hetero) is 1. The zero-order valence-electron chi connectivity index (χ0n) is 13.7. The van der Waals surface area contributed by atoms with Crippen molar-refractivity contribution in [3.05, 3.63) is 29.8 Å². The summed E-state index contributed by atoms with van der Waals surface area (Å²) in [5, 5.41) is 2.81. The van der Waals surface area contributed by atoms with Crippen molar-refractivity contribution in [3.63, 3.8) is 0 Å². The molecule has 0 spiro atoms. The third-order valence-corrected chi connectivity index (χ3v) is 3.31. The van der Waals surface area contributed by atoms with E-state index in [2.05, 4.69) is 19.2 Å². The van der Waals surface area contributed by atoms with Crippen LogP contribution in [0.5, 0.6) is 0 Å². The molecule has 0 bridgehead atoms. The lowest BCUT2D eigenvalue weighted by Crippen LogP contribution is -2.40. The Labute approximate surface area is 131 Å². The lowest BCUT2D eigenvalue weighted by molar-refractivity contribution is -0.123. The number of anilines is 1. The van der Waals surface area contributed by atoms with Crippen molar-refractivity contribution in [2.24, 2.45) is 5.92 Å². The predicted octanol–water partition coefficient (Wildman–Crippen LogP) is 2.40. The summed E-state index contributed by atoms with van der Waals surface area (Å²) in [4.78, 5) is 36.4. The molecule has 120 valence electrons. The van der Waals surface area contributed by atoms with E-state index >= 15 is 0 Å². The average molecular weight is 304 g/mol. The van der Waals surface area contributed by atoms with E-state index in [1.807, 2.05) is 0 Å². The molecule has 5 heteroatoms. The van der Waals surface area contributed by atoms with Crippen molar-refractivity contribution in [2.75, 3.05) is 18.0 Å². The topological polar surface area (TPSA) is 66.5 Å². The molecular weight excluding hydrogens is 280 g/mol. The van der Waals surface area contributed by atoms with Gasteiger partial charge in [0.05, 0.1) is 0 Å². The Hall–Kier alpha value is -2.17. The summed E-state index contributed by atoms with van der Waals surface area (Å²) in [5.41, 5.74) is 1.19. The lowest BCUT2D eigenvalue weighted by atomic mass is 10.1. The number of rotatable bonds is 7. The molecule has 0 radical (unpaired) electrons. The zero-order chi connectivity index (χ0) is 16.7. The van der Waals surface area contributed by atoms with Gasteiger partial charge in [-0.05, 0) is 43.5 Å². The Morgan fingerprint density at radius 1 is 1.09 bits per heavy atom. The van der Waals surface area contributed by atoms with E-state index in [1.165, 1.54) is 18.7 Å². The summed E-state index contributed by atoms with van der Waals surface area (Å²) in [6.45, 7) is 7.66. The Kier molecular flexibility index (Phi) is 6.76. The molecule has 0 saturated heterocycles. The first-order chi connectivity index (χ1) is 10.3. The normalized spacial score (nSPS) is 10.4. The maximum atomic E-state index is 11.9. The highest BCUT2D eigenvalue weighted by Gasteiger charge is 2.15. The van der Waals surface area contributed by atoms with Crippen LogP contribution >= 0.6 is 0 Å². The molecule has 1 aromatic carbocycles. The highest BCUT2D eigenvalue weighted by Crippen LogP contribution is 2.15. The van der Waals surface area contributed by atoms with Gasteiger partial charge in [0.15, 0.2) is 5.78 Å². The monoisotopic (exact) mass is 304 g/mol. The lowest BCUT2D eigenvalue weighted by Gasteiger charge is -2.21. The van der Waals surface area contributed by atoms with Gasteiger partial charge in [0.1, 0.15) is 6.54 Å². The molecular formula is C17H24N2O3. The minimum absolute atomic E-state index is 0.0210. The first-order valence-corrected chi connectivity index (χ1v) is 7.47.